The number of imidazole rings is 1. The smallest absolute Gasteiger partial charge is 0.416 e. The van der Waals surface area contributed by atoms with E-state index in [0.29, 0.717) is 62.2 Å². The average molecular weight is 1150 g/mol. The van der Waals surface area contributed by atoms with Crippen LogP contribution in [0, 0.1) is 23.3 Å². The van der Waals surface area contributed by atoms with Gasteiger partial charge in [-0.05, 0) is 106 Å². The highest BCUT2D eigenvalue weighted by Crippen LogP contribution is 2.51. The van der Waals surface area contributed by atoms with Crippen molar-refractivity contribution in [1.29, 1.82) is 0 Å². The molecule has 0 spiro atoms. The lowest BCUT2D eigenvalue weighted by atomic mass is 10.0. The van der Waals surface area contributed by atoms with Crippen LogP contribution < -0.4 is 30.7 Å². The van der Waals surface area contributed by atoms with Crippen LogP contribution in [0.25, 0.3) is 11.0 Å². The van der Waals surface area contributed by atoms with Gasteiger partial charge in [-0.3, -0.25) is 14.6 Å². The average Bonchev–Trinajstić information content (AvgIpc) is 4.24. The molecule has 7 atom stereocenters. The standard InChI is InChI=1S/C57H66F7N11O7/c1-7-42(69-55(78)81-5)53(76)74-19-9-11-49(74)52-67-45-27-37(39(59)29-46(45)68-52)48-17-16-47(75(48)35-24-40(60)51(41(61)25-35)72-22-20-71(21-23-72)33-14-12-32(13-15-33)57(62,63)64)36-26-44(43(65-3)28-38(36)58)66-30-34-10-8-18-73(34)54(77)50(31(2)80-4)70-56(79)82-6/h12-15,24-31,34,42,47-50,65H,7-11,16-23H2,1-6H3,(H,67,68)(H,69,78)(H,70,79)/t31-,34+,42+,47-,48-,49+,50+/m1/s1. The first-order valence-electron chi connectivity index (χ1n) is 27.3. The molecule has 0 radical (unpaired) electrons. The first-order chi connectivity index (χ1) is 39.3. The Kier molecular flexibility index (Phi) is 17.7. The molecule has 4 amide bonds. The number of likely N-dealkylation sites (tertiary alicyclic amines) is 2. The molecule has 4 N–H and O–H groups in total. The lowest BCUT2D eigenvalue weighted by molar-refractivity contribution is -0.138. The van der Waals surface area contributed by atoms with Crippen molar-refractivity contribution in [3.63, 3.8) is 0 Å². The normalized spacial score (nSPS) is 20.6. The predicted molar refractivity (Wildman–Crippen MR) is 293 cm³/mol. The topological polar surface area (TPSA) is 189 Å². The second-order valence-electron chi connectivity index (χ2n) is 20.8. The Hall–Kier alpha value is -7.83. The number of alkyl carbamates (subject to hydrolysis) is 2. The Balaban J connectivity index is 1.06. The number of aliphatic imine (C=N–C) groups is 1. The molecule has 440 valence electrons. The van der Waals surface area contributed by atoms with Crippen LogP contribution in [-0.2, 0) is 30.0 Å². The molecule has 5 heterocycles. The molecule has 4 aliphatic heterocycles. The van der Waals surface area contributed by atoms with Crippen LogP contribution in [0.1, 0.15) is 99.4 Å². The van der Waals surface area contributed by atoms with Crippen molar-refractivity contribution in [2.45, 2.75) is 107 Å². The number of benzene rings is 4. The first-order valence-corrected chi connectivity index (χ1v) is 27.3. The number of hydrogen-bond donors (Lipinski definition) is 4. The largest absolute Gasteiger partial charge is 0.453 e. The lowest BCUT2D eigenvalue weighted by Crippen LogP contribution is -2.55. The van der Waals surface area contributed by atoms with E-state index in [1.54, 1.807) is 47.9 Å². The molecule has 4 aliphatic rings. The third kappa shape index (κ3) is 12.1. The number of rotatable bonds is 16. The monoisotopic (exact) mass is 1150 g/mol. The van der Waals surface area contributed by atoms with Gasteiger partial charge in [0.05, 0.1) is 72.5 Å². The summed E-state index contributed by atoms with van der Waals surface area (Å²) in [6, 6.07) is 7.58. The predicted octanol–water partition coefficient (Wildman–Crippen LogP) is 9.84. The summed E-state index contributed by atoms with van der Waals surface area (Å²) in [6.45, 7) is 4.83. The van der Waals surface area contributed by atoms with Gasteiger partial charge in [0.15, 0.2) is 11.6 Å². The number of piperazine rings is 1. The Bertz CT molecular complexity index is 3170. The number of methoxy groups -OCH3 is 3. The SMILES string of the molecule is CC[C@H](NC(=O)OC)C(=O)N1CCC[C@H]1c1nc2cc(F)c([C@H]3CC[C@H](c4cc(N=C[C@@H]5CCCN5C(=O)[C@@H](NC(=O)OC)[C@@H](C)OC)c(NC)cc4F)N3c3cc(F)c(N4CCN(c5ccc(C(F)(F)F)cc5)CC4)c(F)c3)cc2[nH]1. The molecule has 0 aliphatic carbocycles. The minimum absolute atomic E-state index is 0.0201. The number of halogens is 7. The Morgan fingerprint density at radius 2 is 1.34 bits per heavy atom. The summed E-state index contributed by atoms with van der Waals surface area (Å²) in [5, 5.41) is 8.11. The number of H-pyrrole nitrogens is 1. The number of aromatic nitrogens is 2. The van der Waals surface area contributed by atoms with Gasteiger partial charge in [-0.25, -0.2) is 32.1 Å². The number of carbonyl (C=O) groups excluding carboxylic acids is 4. The van der Waals surface area contributed by atoms with Gasteiger partial charge in [0, 0.05) is 88.2 Å². The highest BCUT2D eigenvalue weighted by atomic mass is 19.4. The van der Waals surface area contributed by atoms with Gasteiger partial charge in [-0.2, -0.15) is 13.2 Å². The third-order valence-electron chi connectivity index (χ3n) is 16.1. The highest BCUT2D eigenvalue weighted by Gasteiger charge is 2.42. The maximum absolute atomic E-state index is 17.0. The molecule has 18 nitrogen and oxygen atoms in total. The number of carbonyl (C=O) groups is 4. The number of anilines is 4. The number of ether oxygens (including phenoxy) is 3. The van der Waals surface area contributed by atoms with Gasteiger partial charge in [0.25, 0.3) is 0 Å². The molecule has 4 saturated heterocycles. The van der Waals surface area contributed by atoms with Crippen LogP contribution in [0.15, 0.2) is 65.7 Å². The summed E-state index contributed by atoms with van der Waals surface area (Å²) >= 11 is 0. The van der Waals surface area contributed by atoms with E-state index in [9.17, 15) is 32.3 Å². The van der Waals surface area contributed by atoms with Crippen molar-refractivity contribution in [1.82, 2.24) is 30.4 Å². The summed E-state index contributed by atoms with van der Waals surface area (Å²) in [5.41, 5.74) is 0.761. The highest BCUT2D eigenvalue weighted by molar-refractivity contribution is 5.90. The number of aromatic amines is 1. The van der Waals surface area contributed by atoms with E-state index in [0.717, 1.165) is 24.3 Å². The molecule has 1 aromatic heterocycles. The summed E-state index contributed by atoms with van der Waals surface area (Å²) in [7, 11) is 5.38. The molecular formula is C57H66F7N11O7. The van der Waals surface area contributed by atoms with E-state index >= 15 is 17.6 Å². The van der Waals surface area contributed by atoms with E-state index in [4.69, 9.17) is 24.2 Å². The van der Waals surface area contributed by atoms with E-state index in [2.05, 4.69) is 20.9 Å². The zero-order chi connectivity index (χ0) is 58.7. The number of fused-ring (bicyclic) bond motifs is 1. The van der Waals surface area contributed by atoms with Gasteiger partial charge < -0.3 is 59.6 Å². The minimum Gasteiger partial charge on any atom is -0.453 e. The molecule has 0 bridgehead atoms. The summed E-state index contributed by atoms with van der Waals surface area (Å²) in [4.78, 5) is 73.0. The van der Waals surface area contributed by atoms with Crippen molar-refractivity contribution in [3.05, 3.63) is 106 Å². The van der Waals surface area contributed by atoms with Crippen LogP contribution in [0.2, 0.25) is 0 Å². The van der Waals surface area contributed by atoms with E-state index < -0.39 is 95.5 Å². The zero-order valence-electron chi connectivity index (χ0n) is 46.2. The van der Waals surface area contributed by atoms with Crippen LogP contribution >= 0.6 is 0 Å². The van der Waals surface area contributed by atoms with Crippen LogP contribution in [-0.4, -0.2) is 142 Å². The van der Waals surface area contributed by atoms with E-state index in [-0.39, 0.29) is 84.3 Å². The lowest BCUT2D eigenvalue weighted by Gasteiger charge is -2.38. The Labute approximate surface area is 469 Å². The fourth-order valence-corrected chi connectivity index (χ4v) is 11.8. The molecule has 82 heavy (non-hydrogen) atoms. The maximum Gasteiger partial charge on any atom is 0.416 e. The second-order valence-corrected chi connectivity index (χ2v) is 20.8. The molecule has 4 fully saturated rings. The van der Waals surface area contributed by atoms with Crippen molar-refractivity contribution in [3.8, 4) is 0 Å². The molecule has 4 aromatic carbocycles. The number of nitrogens with one attached hydrogen (secondary N) is 4. The zero-order valence-corrected chi connectivity index (χ0v) is 46.2. The van der Waals surface area contributed by atoms with Crippen molar-refractivity contribution in [2.24, 2.45) is 4.99 Å². The first kappa shape index (κ1) is 58.8. The quantitative estimate of drug-likeness (QED) is 0.0542. The van der Waals surface area contributed by atoms with Crippen molar-refractivity contribution < 1.29 is 64.1 Å². The van der Waals surface area contributed by atoms with Gasteiger partial charge >= 0.3 is 18.4 Å². The number of amides is 4. The minimum atomic E-state index is -4.51. The molecule has 9 rings (SSSR count). The van der Waals surface area contributed by atoms with Crippen LogP contribution in [0.4, 0.5) is 68.8 Å². The van der Waals surface area contributed by atoms with E-state index in [1.807, 2.05) is 4.90 Å². The van der Waals surface area contributed by atoms with Crippen LogP contribution in [0.5, 0.6) is 0 Å². The second kappa shape index (κ2) is 24.7. The number of hydrogen-bond acceptors (Lipinski definition) is 13. The Morgan fingerprint density at radius 1 is 0.732 bits per heavy atom. The maximum atomic E-state index is 17.0. The summed E-state index contributed by atoms with van der Waals surface area (Å²) in [6.07, 6.45) is -2.31. The fraction of sp³-hybridized carbons (Fsp3) is 0.474. The van der Waals surface area contributed by atoms with E-state index in [1.165, 1.54) is 56.6 Å². The summed E-state index contributed by atoms with van der Waals surface area (Å²) < 4.78 is 123. The van der Waals surface area contributed by atoms with Gasteiger partial charge in [0.1, 0.15) is 35.2 Å². The fourth-order valence-electron chi connectivity index (χ4n) is 11.8. The van der Waals surface area contributed by atoms with Crippen molar-refractivity contribution in [2.75, 3.05) is 87.7 Å². The molecule has 5 aromatic rings. The third-order valence-corrected chi connectivity index (χ3v) is 16.1. The van der Waals surface area contributed by atoms with Gasteiger partial charge in [0.2, 0.25) is 11.8 Å². The molecular weight excluding hydrogens is 1080 g/mol. The Morgan fingerprint density at radius 3 is 1.96 bits per heavy atom. The van der Waals surface area contributed by atoms with Gasteiger partial charge in [-0.15, -0.1) is 0 Å². The molecule has 0 saturated carbocycles. The van der Waals surface area contributed by atoms with Crippen molar-refractivity contribution >= 4 is 69.7 Å². The number of nitrogens with zero attached hydrogens (tertiary/aromatic N) is 7. The number of alkyl halides is 3. The molecule has 0 unspecified atom stereocenters. The van der Waals surface area contributed by atoms with Crippen LogP contribution in [0.3, 0.4) is 0 Å². The summed E-state index contributed by atoms with van der Waals surface area (Å²) in [5.74, 6) is -3.67. The molecule has 25 heteroatoms. The van der Waals surface area contributed by atoms with Gasteiger partial charge in [-0.1, -0.05) is 6.92 Å².